The van der Waals surface area contributed by atoms with Gasteiger partial charge in [-0.2, -0.15) is 0 Å². The summed E-state index contributed by atoms with van der Waals surface area (Å²) in [5.74, 6) is -0.375. The number of rotatable bonds is 34. The highest BCUT2D eigenvalue weighted by atomic mass is 31.2. The average molecular weight is 697 g/mol. The van der Waals surface area contributed by atoms with Gasteiger partial charge in [-0.1, -0.05) is 134 Å². The molecule has 0 aliphatic carbocycles. The number of allylic oxidation sites excluding steroid dienone is 6. The number of esters is 1. The van der Waals surface area contributed by atoms with Crippen molar-refractivity contribution in [3.63, 3.8) is 0 Å². The molecule has 1 saturated heterocycles. The highest BCUT2D eigenvalue weighted by molar-refractivity contribution is 7.46. The summed E-state index contributed by atoms with van der Waals surface area (Å²) in [6.45, 7) is 3.96. The quantitative estimate of drug-likeness (QED) is 0.0171. The Morgan fingerprint density at radius 2 is 1.23 bits per heavy atom. The molecule has 0 aromatic heterocycles. The SMILES string of the molecule is CCCCC/C=C\C/C=C\C/C=C\CC1OC1CCCC(=O)OC[C@H](COP(=O)(O)O)O/C=C/CCCCCCCCCCCCCC. The Bertz CT molecular complexity index is 925. The monoisotopic (exact) mass is 696 g/mol. The molecule has 8 nitrogen and oxygen atoms in total. The second-order valence-electron chi connectivity index (χ2n) is 13.0. The second kappa shape index (κ2) is 31.3. The molecule has 9 heteroatoms. The number of unbranched alkanes of at least 4 members (excludes halogenated alkanes) is 15. The Morgan fingerprint density at radius 3 is 1.88 bits per heavy atom. The first-order valence-electron chi connectivity index (χ1n) is 19.1. The summed E-state index contributed by atoms with van der Waals surface area (Å²) >= 11 is 0. The number of hydrogen-bond acceptors (Lipinski definition) is 6. The average Bonchev–Trinajstić information content (AvgIpc) is 3.81. The van der Waals surface area contributed by atoms with Gasteiger partial charge in [-0.05, 0) is 63.9 Å². The van der Waals surface area contributed by atoms with Crippen molar-refractivity contribution in [2.45, 2.75) is 180 Å². The van der Waals surface area contributed by atoms with Crippen molar-refractivity contribution in [3.05, 3.63) is 48.8 Å². The van der Waals surface area contributed by atoms with Gasteiger partial charge in [0.05, 0.1) is 25.1 Å². The molecular formula is C39H69O8P. The minimum atomic E-state index is -4.66. The lowest BCUT2D eigenvalue weighted by Gasteiger charge is -2.17. The fourth-order valence-corrected chi connectivity index (χ4v) is 5.75. The smallest absolute Gasteiger partial charge is 0.469 e. The number of carbonyl (C=O) groups excluding carboxylic acids is 1. The van der Waals surface area contributed by atoms with Gasteiger partial charge >= 0.3 is 13.8 Å². The van der Waals surface area contributed by atoms with Crippen LogP contribution in [0.3, 0.4) is 0 Å². The van der Waals surface area contributed by atoms with Crippen molar-refractivity contribution in [1.29, 1.82) is 0 Å². The molecule has 0 aromatic rings. The van der Waals surface area contributed by atoms with Crippen LogP contribution in [-0.2, 0) is 28.1 Å². The van der Waals surface area contributed by atoms with E-state index in [0.29, 0.717) is 6.42 Å². The molecule has 278 valence electrons. The fraction of sp³-hybridized carbons (Fsp3) is 0.769. The third kappa shape index (κ3) is 30.4. The van der Waals surface area contributed by atoms with Crippen molar-refractivity contribution in [2.75, 3.05) is 13.2 Å². The molecule has 3 atom stereocenters. The molecule has 48 heavy (non-hydrogen) atoms. The lowest BCUT2D eigenvalue weighted by Crippen LogP contribution is -2.25. The number of phosphoric acid groups is 1. The zero-order chi connectivity index (χ0) is 35.0. The molecule has 0 saturated carbocycles. The van der Waals surface area contributed by atoms with Gasteiger partial charge in [-0.25, -0.2) is 4.57 Å². The molecule has 0 bridgehead atoms. The molecule has 0 radical (unpaired) electrons. The largest absolute Gasteiger partial charge is 0.492 e. The maximum absolute atomic E-state index is 12.3. The third-order valence-corrected chi connectivity index (χ3v) is 8.88. The van der Waals surface area contributed by atoms with Crippen molar-refractivity contribution in [1.82, 2.24) is 0 Å². The van der Waals surface area contributed by atoms with Gasteiger partial charge < -0.3 is 24.0 Å². The summed E-state index contributed by atoms with van der Waals surface area (Å²) in [7, 11) is -4.66. The van der Waals surface area contributed by atoms with Gasteiger partial charge in [0.25, 0.3) is 0 Å². The summed E-state index contributed by atoms with van der Waals surface area (Å²) in [5, 5.41) is 0. The lowest BCUT2D eigenvalue weighted by molar-refractivity contribution is -0.147. The first kappa shape index (κ1) is 44.3. The first-order valence-corrected chi connectivity index (χ1v) is 20.6. The van der Waals surface area contributed by atoms with E-state index in [9.17, 15) is 9.36 Å². The van der Waals surface area contributed by atoms with Crippen LogP contribution in [0, 0.1) is 0 Å². The topological polar surface area (TPSA) is 115 Å². The van der Waals surface area contributed by atoms with Gasteiger partial charge in [0.2, 0.25) is 0 Å². The van der Waals surface area contributed by atoms with Gasteiger partial charge in [0.1, 0.15) is 6.61 Å². The van der Waals surface area contributed by atoms with Crippen LogP contribution in [0.4, 0.5) is 0 Å². The molecule has 1 rings (SSSR count). The van der Waals surface area contributed by atoms with E-state index in [2.05, 4.69) is 54.8 Å². The van der Waals surface area contributed by atoms with Gasteiger partial charge in [0, 0.05) is 6.42 Å². The summed E-state index contributed by atoms with van der Waals surface area (Å²) in [5.41, 5.74) is 0. The van der Waals surface area contributed by atoms with E-state index in [0.717, 1.165) is 38.5 Å². The van der Waals surface area contributed by atoms with Crippen molar-refractivity contribution in [3.8, 4) is 0 Å². The molecule has 0 spiro atoms. The van der Waals surface area contributed by atoms with E-state index in [1.165, 1.54) is 103 Å². The molecule has 1 aliphatic rings. The standard InChI is InChI=1S/C39H69O8P/c1-3-5-7-9-11-13-15-17-18-20-22-24-26-28-33-44-36(35-46-48(41,42)43)34-45-39(40)32-29-31-38-37(47-38)30-27-25-23-21-19-16-14-12-10-8-6-4-2/h12,14,19,21,25,27-28,33,36-38H,3-11,13,15-18,20,22-24,26,29-32,34-35H2,1-2H3,(H2,41,42,43)/b14-12-,21-19-,27-25-,33-28+/t36-,37?,38?/m1/s1. The molecule has 0 amide bonds. The van der Waals surface area contributed by atoms with Gasteiger partial charge in [0.15, 0.2) is 6.10 Å². The molecule has 2 unspecified atom stereocenters. The maximum atomic E-state index is 12.3. The van der Waals surface area contributed by atoms with E-state index in [1.807, 2.05) is 6.08 Å². The number of ether oxygens (including phenoxy) is 3. The van der Waals surface area contributed by atoms with Crippen LogP contribution in [-0.4, -0.2) is 47.3 Å². The second-order valence-corrected chi connectivity index (χ2v) is 14.2. The van der Waals surface area contributed by atoms with Crippen LogP contribution >= 0.6 is 7.82 Å². The number of hydrogen-bond donors (Lipinski definition) is 2. The van der Waals surface area contributed by atoms with E-state index < -0.39 is 13.9 Å². The summed E-state index contributed by atoms with van der Waals surface area (Å²) in [6.07, 6.45) is 42.2. The molecular weight excluding hydrogens is 627 g/mol. The molecule has 2 N–H and O–H groups in total. The minimum absolute atomic E-state index is 0.140. The Kier molecular flexibility index (Phi) is 28.9. The van der Waals surface area contributed by atoms with Crippen molar-refractivity contribution < 1.29 is 37.9 Å². The Balaban J connectivity index is 2.12. The van der Waals surface area contributed by atoms with Gasteiger partial charge in [-0.3, -0.25) is 9.32 Å². The van der Waals surface area contributed by atoms with Crippen LogP contribution in [0.5, 0.6) is 0 Å². The van der Waals surface area contributed by atoms with Crippen LogP contribution in [0.25, 0.3) is 0 Å². The van der Waals surface area contributed by atoms with Gasteiger partial charge in [-0.15, -0.1) is 0 Å². The number of carbonyl (C=O) groups is 1. The van der Waals surface area contributed by atoms with Crippen molar-refractivity contribution in [2.24, 2.45) is 0 Å². The fourth-order valence-electron chi connectivity index (χ4n) is 5.39. The van der Waals surface area contributed by atoms with E-state index in [1.54, 1.807) is 0 Å². The van der Waals surface area contributed by atoms with E-state index in [-0.39, 0.29) is 37.8 Å². The van der Waals surface area contributed by atoms with E-state index in [4.69, 9.17) is 24.0 Å². The van der Waals surface area contributed by atoms with Crippen LogP contribution in [0.2, 0.25) is 0 Å². The summed E-state index contributed by atoms with van der Waals surface area (Å²) in [4.78, 5) is 30.4. The molecule has 1 fully saturated rings. The minimum Gasteiger partial charge on any atom is -0.492 e. The Labute approximate surface area is 293 Å². The first-order chi connectivity index (χ1) is 23.4. The Hall–Kier alpha value is -1.70. The number of epoxide rings is 1. The normalized spacial score (nSPS) is 17.3. The summed E-state index contributed by atoms with van der Waals surface area (Å²) in [6, 6.07) is 0. The third-order valence-electron chi connectivity index (χ3n) is 8.39. The predicted octanol–water partition coefficient (Wildman–Crippen LogP) is 11.0. The highest BCUT2D eigenvalue weighted by Crippen LogP contribution is 2.36. The zero-order valence-corrected chi connectivity index (χ0v) is 31.2. The maximum Gasteiger partial charge on any atom is 0.469 e. The van der Waals surface area contributed by atoms with Crippen LogP contribution < -0.4 is 0 Å². The number of phosphoric ester groups is 1. The highest BCUT2D eigenvalue weighted by Gasteiger charge is 2.36. The molecule has 1 aliphatic heterocycles. The predicted molar refractivity (Wildman–Crippen MR) is 197 cm³/mol. The van der Waals surface area contributed by atoms with Crippen LogP contribution in [0.15, 0.2) is 48.8 Å². The molecule has 0 aromatic carbocycles. The lowest BCUT2D eigenvalue weighted by atomic mass is 10.0. The Morgan fingerprint density at radius 1 is 0.688 bits per heavy atom. The molecule has 1 heterocycles. The summed E-state index contributed by atoms with van der Waals surface area (Å²) < 4.78 is 32.4. The van der Waals surface area contributed by atoms with E-state index >= 15 is 0 Å². The zero-order valence-electron chi connectivity index (χ0n) is 30.3. The van der Waals surface area contributed by atoms with Crippen LogP contribution in [0.1, 0.15) is 162 Å². The van der Waals surface area contributed by atoms with Crippen molar-refractivity contribution >= 4 is 13.8 Å².